The predicted molar refractivity (Wildman–Crippen MR) is 95.3 cm³/mol. The van der Waals surface area contributed by atoms with E-state index >= 15 is 0 Å². The first-order valence-corrected chi connectivity index (χ1v) is 8.52. The lowest BCUT2D eigenvalue weighted by Gasteiger charge is -2.14. The molecule has 0 fully saturated rings. The van der Waals surface area contributed by atoms with Crippen LogP contribution in [0.15, 0.2) is 29.9 Å². The van der Waals surface area contributed by atoms with Crippen molar-refractivity contribution in [2.75, 3.05) is 0 Å². The summed E-state index contributed by atoms with van der Waals surface area (Å²) in [6.45, 7) is 14.3. The molecule has 0 spiro atoms. The summed E-state index contributed by atoms with van der Waals surface area (Å²) in [5, 5.41) is 8.81. The molecule has 1 aromatic carbocycles. The predicted octanol–water partition coefficient (Wildman–Crippen LogP) is 4.06. The lowest BCUT2D eigenvalue weighted by Crippen LogP contribution is -2.16. The first-order chi connectivity index (χ1) is 10.8. The number of Topliss-reactive ketones (excluding diaryl/α,β-unsaturated/α-hetero) is 1. The molecule has 4 nitrogen and oxygen atoms in total. The highest BCUT2D eigenvalue weighted by molar-refractivity contribution is 8.00. The number of nitrogens with zero attached hydrogens (tertiary/aromatic N) is 3. The fourth-order valence-corrected chi connectivity index (χ4v) is 3.42. The average Bonchev–Trinajstić information content (AvgIpc) is 2.83. The molecule has 23 heavy (non-hydrogen) atoms. The zero-order valence-electron chi connectivity index (χ0n) is 14.4. The van der Waals surface area contributed by atoms with Crippen molar-refractivity contribution in [3.8, 4) is 0 Å². The Morgan fingerprint density at radius 1 is 1.22 bits per heavy atom. The molecule has 0 N–H and O–H groups in total. The van der Waals surface area contributed by atoms with Crippen molar-refractivity contribution in [2.45, 2.75) is 51.6 Å². The SMILES string of the molecule is C=CCn1c(C)nnc1SC(C)C(=O)c1cc(C)c(C)cc1C. The Labute approximate surface area is 142 Å². The van der Waals surface area contributed by atoms with Crippen LogP contribution in [-0.4, -0.2) is 25.8 Å². The number of aromatic nitrogens is 3. The van der Waals surface area contributed by atoms with Gasteiger partial charge in [0.15, 0.2) is 10.9 Å². The molecule has 2 aromatic rings. The van der Waals surface area contributed by atoms with Gasteiger partial charge < -0.3 is 4.57 Å². The van der Waals surface area contributed by atoms with E-state index in [1.165, 1.54) is 17.3 Å². The third-order valence-electron chi connectivity index (χ3n) is 3.97. The molecule has 2 rings (SSSR count). The van der Waals surface area contributed by atoms with Gasteiger partial charge >= 0.3 is 0 Å². The third kappa shape index (κ3) is 3.72. The number of hydrogen-bond donors (Lipinski definition) is 0. The van der Waals surface area contributed by atoms with Crippen LogP contribution in [-0.2, 0) is 6.54 Å². The van der Waals surface area contributed by atoms with E-state index in [1.54, 1.807) is 6.08 Å². The Hall–Kier alpha value is -1.88. The Bertz CT molecular complexity index is 749. The van der Waals surface area contributed by atoms with Gasteiger partial charge in [0.2, 0.25) is 0 Å². The van der Waals surface area contributed by atoms with Gasteiger partial charge in [-0.2, -0.15) is 0 Å². The molecule has 5 heteroatoms. The van der Waals surface area contributed by atoms with Crippen LogP contribution in [0.3, 0.4) is 0 Å². The average molecular weight is 329 g/mol. The molecule has 1 heterocycles. The summed E-state index contributed by atoms with van der Waals surface area (Å²) in [4.78, 5) is 12.8. The highest BCUT2D eigenvalue weighted by Gasteiger charge is 2.21. The standard InChI is InChI=1S/C18H23N3OS/c1-7-8-21-15(6)19-20-18(21)23-14(5)17(22)16-10-12(3)11(2)9-13(16)4/h7,9-10,14H,1,8H2,2-6H3. The van der Waals surface area contributed by atoms with Crippen molar-refractivity contribution in [2.24, 2.45) is 0 Å². The van der Waals surface area contributed by atoms with Crippen molar-refractivity contribution in [1.29, 1.82) is 0 Å². The van der Waals surface area contributed by atoms with Gasteiger partial charge in [-0.05, 0) is 57.4 Å². The first-order valence-electron chi connectivity index (χ1n) is 7.64. The van der Waals surface area contributed by atoms with Crippen LogP contribution in [0.2, 0.25) is 0 Å². The van der Waals surface area contributed by atoms with E-state index in [9.17, 15) is 4.79 Å². The van der Waals surface area contributed by atoms with Gasteiger partial charge in [-0.3, -0.25) is 4.79 Å². The summed E-state index contributed by atoms with van der Waals surface area (Å²) >= 11 is 1.44. The van der Waals surface area contributed by atoms with Crippen LogP contribution >= 0.6 is 11.8 Å². The van der Waals surface area contributed by atoms with Crippen molar-refractivity contribution >= 4 is 17.5 Å². The number of rotatable bonds is 6. The topological polar surface area (TPSA) is 47.8 Å². The minimum Gasteiger partial charge on any atom is -0.302 e. The summed E-state index contributed by atoms with van der Waals surface area (Å²) in [6.07, 6.45) is 1.81. The molecule has 1 unspecified atom stereocenters. The fourth-order valence-electron chi connectivity index (χ4n) is 2.44. The molecular formula is C18H23N3OS. The maximum atomic E-state index is 12.8. The lowest BCUT2D eigenvalue weighted by atomic mass is 9.97. The summed E-state index contributed by atoms with van der Waals surface area (Å²) in [6, 6.07) is 4.06. The summed E-state index contributed by atoms with van der Waals surface area (Å²) in [7, 11) is 0. The molecule has 0 aliphatic rings. The molecular weight excluding hydrogens is 306 g/mol. The van der Waals surface area contributed by atoms with Crippen LogP contribution in [0.25, 0.3) is 0 Å². The number of hydrogen-bond acceptors (Lipinski definition) is 4. The van der Waals surface area contributed by atoms with Gasteiger partial charge in [0, 0.05) is 12.1 Å². The second-order valence-corrected chi connectivity index (χ2v) is 7.11. The third-order valence-corrected chi connectivity index (χ3v) is 5.05. The van der Waals surface area contributed by atoms with E-state index in [0.717, 1.165) is 27.7 Å². The maximum Gasteiger partial charge on any atom is 0.192 e. The summed E-state index contributed by atoms with van der Waals surface area (Å²) in [5.41, 5.74) is 4.16. The van der Waals surface area contributed by atoms with Gasteiger partial charge in [-0.25, -0.2) is 0 Å². The van der Waals surface area contributed by atoms with Gasteiger partial charge in [0.05, 0.1) is 5.25 Å². The van der Waals surface area contributed by atoms with Gasteiger partial charge in [0.25, 0.3) is 0 Å². The fraction of sp³-hybridized carbons (Fsp3) is 0.389. The van der Waals surface area contributed by atoms with E-state index in [0.29, 0.717) is 6.54 Å². The van der Waals surface area contributed by atoms with Crippen LogP contribution in [0, 0.1) is 27.7 Å². The van der Waals surface area contributed by atoms with Gasteiger partial charge in [-0.15, -0.1) is 16.8 Å². The Balaban J connectivity index is 2.24. The lowest BCUT2D eigenvalue weighted by molar-refractivity contribution is 0.0993. The van der Waals surface area contributed by atoms with Crippen LogP contribution in [0.1, 0.15) is 39.8 Å². The molecule has 122 valence electrons. The van der Waals surface area contributed by atoms with Crippen LogP contribution in [0.5, 0.6) is 0 Å². The highest BCUT2D eigenvalue weighted by atomic mass is 32.2. The molecule has 0 saturated heterocycles. The van der Waals surface area contributed by atoms with Crippen molar-refractivity contribution in [1.82, 2.24) is 14.8 Å². The van der Waals surface area contributed by atoms with Gasteiger partial charge in [-0.1, -0.05) is 23.9 Å². The van der Waals surface area contributed by atoms with E-state index in [2.05, 4.69) is 29.8 Å². The Morgan fingerprint density at radius 2 is 1.87 bits per heavy atom. The normalized spacial score (nSPS) is 12.2. The molecule has 0 bridgehead atoms. The molecule has 0 aliphatic heterocycles. The van der Waals surface area contributed by atoms with Gasteiger partial charge in [0.1, 0.15) is 5.82 Å². The molecule has 1 atom stereocenters. The number of aryl methyl sites for hydroxylation is 4. The molecule has 0 amide bonds. The zero-order chi connectivity index (χ0) is 17.1. The first kappa shape index (κ1) is 17.5. The summed E-state index contributed by atoms with van der Waals surface area (Å²) in [5.74, 6) is 0.954. The Kier molecular flexibility index (Phi) is 5.42. The smallest absolute Gasteiger partial charge is 0.192 e. The monoisotopic (exact) mass is 329 g/mol. The number of ketones is 1. The van der Waals surface area contributed by atoms with E-state index in [-0.39, 0.29) is 11.0 Å². The Morgan fingerprint density at radius 3 is 2.52 bits per heavy atom. The minimum atomic E-state index is -0.219. The largest absolute Gasteiger partial charge is 0.302 e. The van der Waals surface area contributed by atoms with E-state index in [4.69, 9.17) is 0 Å². The van der Waals surface area contributed by atoms with E-state index in [1.807, 2.05) is 38.3 Å². The summed E-state index contributed by atoms with van der Waals surface area (Å²) < 4.78 is 1.97. The zero-order valence-corrected chi connectivity index (χ0v) is 15.2. The van der Waals surface area contributed by atoms with Crippen LogP contribution in [0.4, 0.5) is 0 Å². The van der Waals surface area contributed by atoms with Crippen molar-refractivity contribution in [3.05, 3.63) is 52.9 Å². The number of benzene rings is 1. The second kappa shape index (κ2) is 7.13. The molecule has 0 radical (unpaired) electrons. The maximum absolute atomic E-state index is 12.8. The number of thioether (sulfide) groups is 1. The van der Waals surface area contributed by atoms with Crippen molar-refractivity contribution < 1.29 is 4.79 Å². The minimum absolute atomic E-state index is 0.126. The molecule has 0 aliphatic carbocycles. The second-order valence-electron chi connectivity index (χ2n) is 5.80. The number of carbonyl (C=O) groups excluding carboxylic acids is 1. The molecule has 1 aromatic heterocycles. The number of carbonyl (C=O) groups is 1. The van der Waals surface area contributed by atoms with E-state index < -0.39 is 0 Å². The highest BCUT2D eigenvalue weighted by Crippen LogP contribution is 2.27. The quantitative estimate of drug-likeness (QED) is 0.455. The number of allylic oxidation sites excluding steroid dienone is 1. The van der Waals surface area contributed by atoms with Crippen molar-refractivity contribution in [3.63, 3.8) is 0 Å². The van der Waals surface area contributed by atoms with Crippen LogP contribution < -0.4 is 0 Å². The molecule has 0 saturated carbocycles.